The number of halogens is 3. The first-order valence-electron chi connectivity index (χ1n) is 6.78. The van der Waals surface area contributed by atoms with E-state index in [1.165, 1.54) is 17.7 Å². The largest absolute Gasteiger partial charge is 0.207 e. The first-order valence-corrected chi connectivity index (χ1v) is 7.21. The van der Waals surface area contributed by atoms with Crippen molar-refractivity contribution < 1.29 is 8.78 Å². The normalized spacial score (nSPS) is 22.6. The minimum absolute atomic E-state index is 0.111. The zero-order chi connectivity index (χ0) is 14.1. The van der Waals surface area contributed by atoms with Crippen molar-refractivity contribution >= 4 is 11.6 Å². The molecule has 104 valence electrons. The second-order valence-electron chi connectivity index (χ2n) is 5.37. The molecule has 0 aliphatic heterocycles. The summed E-state index contributed by atoms with van der Waals surface area (Å²) in [6.45, 7) is 0. The maximum atomic E-state index is 13.6. The van der Waals surface area contributed by atoms with Gasteiger partial charge in [-0.15, -0.1) is 11.6 Å². The Morgan fingerprint density at radius 3 is 2.55 bits per heavy atom. The lowest BCUT2D eigenvalue weighted by atomic mass is 10.0. The Hall–Kier alpha value is -1.41. The van der Waals surface area contributed by atoms with Gasteiger partial charge in [0.1, 0.15) is 11.6 Å². The Morgan fingerprint density at radius 1 is 1.10 bits per heavy atom. The quantitative estimate of drug-likeness (QED) is 0.702. The highest BCUT2D eigenvalue weighted by Gasteiger charge is 2.43. The van der Waals surface area contributed by atoms with Gasteiger partial charge in [-0.1, -0.05) is 36.4 Å². The Bertz CT molecular complexity index is 597. The lowest BCUT2D eigenvalue weighted by molar-refractivity contribution is 0.566. The standard InChI is InChI=1S/C17H15ClF2/c18-16(8-12-6-7-13(19)9-17(12)20)15-10-14(15)11-4-2-1-3-5-11/h1-7,9,14-16H,8,10H2. The summed E-state index contributed by atoms with van der Waals surface area (Å²) in [5.41, 5.74) is 1.79. The van der Waals surface area contributed by atoms with Gasteiger partial charge in [0.2, 0.25) is 0 Å². The van der Waals surface area contributed by atoms with Crippen LogP contribution in [-0.4, -0.2) is 5.38 Å². The molecule has 1 aliphatic rings. The van der Waals surface area contributed by atoms with Crippen molar-refractivity contribution in [2.45, 2.75) is 24.1 Å². The fourth-order valence-corrected chi connectivity index (χ4v) is 3.19. The first kappa shape index (κ1) is 13.6. The highest BCUT2D eigenvalue weighted by Crippen LogP contribution is 2.51. The van der Waals surface area contributed by atoms with E-state index in [1.54, 1.807) is 0 Å². The van der Waals surface area contributed by atoms with Gasteiger partial charge < -0.3 is 0 Å². The van der Waals surface area contributed by atoms with E-state index in [0.717, 1.165) is 12.5 Å². The molecule has 0 bridgehead atoms. The predicted octanol–water partition coefficient (Wildman–Crippen LogP) is 4.92. The third kappa shape index (κ3) is 2.85. The molecule has 0 saturated heterocycles. The van der Waals surface area contributed by atoms with Gasteiger partial charge in [-0.3, -0.25) is 0 Å². The van der Waals surface area contributed by atoms with Crippen molar-refractivity contribution in [2.24, 2.45) is 5.92 Å². The summed E-state index contributed by atoms with van der Waals surface area (Å²) in [6, 6.07) is 13.9. The van der Waals surface area contributed by atoms with E-state index in [9.17, 15) is 8.78 Å². The molecule has 3 atom stereocenters. The van der Waals surface area contributed by atoms with Crippen LogP contribution in [0.3, 0.4) is 0 Å². The monoisotopic (exact) mass is 292 g/mol. The zero-order valence-electron chi connectivity index (χ0n) is 10.9. The van der Waals surface area contributed by atoms with Gasteiger partial charge in [0, 0.05) is 11.4 Å². The minimum Gasteiger partial charge on any atom is -0.207 e. The molecular weight excluding hydrogens is 278 g/mol. The summed E-state index contributed by atoms with van der Waals surface area (Å²) in [5.74, 6) is -0.204. The summed E-state index contributed by atoms with van der Waals surface area (Å²) in [5, 5.41) is -0.111. The van der Waals surface area contributed by atoms with E-state index in [2.05, 4.69) is 12.1 Å². The van der Waals surface area contributed by atoms with Crippen molar-refractivity contribution in [3.63, 3.8) is 0 Å². The van der Waals surface area contributed by atoms with E-state index >= 15 is 0 Å². The fourth-order valence-electron chi connectivity index (χ4n) is 2.75. The molecule has 3 rings (SSSR count). The number of rotatable bonds is 4. The van der Waals surface area contributed by atoms with Crippen LogP contribution in [0.25, 0.3) is 0 Å². The van der Waals surface area contributed by atoms with Crippen LogP contribution in [0.15, 0.2) is 48.5 Å². The molecule has 1 fully saturated rings. The summed E-state index contributed by atoms with van der Waals surface area (Å²) >= 11 is 6.41. The van der Waals surface area contributed by atoms with Crippen LogP contribution in [0, 0.1) is 17.6 Å². The molecule has 2 aromatic carbocycles. The smallest absolute Gasteiger partial charge is 0.129 e. The van der Waals surface area contributed by atoms with Gasteiger partial charge in [-0.05, 0) is 41.9 Å². The molecule has 20 heavy (non-hydrogen) atoms. The Labute approximate surface area is 122 Å². The molecule has 0 heterocycles. The summed E-state index contributed by atoms with van der Waals surface area (Å²) < 4.78 is 26.5. The van der Waals surface area contributed by atoms with Crippen LogP contribution in [0.4, 0.5) is 8.78 Å². The maximum Gasteiger partial charge on any atom is 0.129 e. The van der Waals surface area contributed by atoms with Crippen molar-refractivity contribution in [1.29, 1.82) is 0 Å². The molecule has 2 aromatic rings. The number of benzene rings is 2. The molecule has 0 amide bonds. The van der Waals surface area contributed by atoms with Crippen LogP contribution < -0.4 is 0 Å². The summed E-state index contributed by atoms with van der Waals surface area (Å²) in [4.78, 5) is 0. The van der Waals surface area contributed by atoms with E-state index in [-0.39, 0.29) is 5.38 Å². The average Bonchev–Trinajstić information content (AvgIpc) is 3.23. The lowest BCUT2D eigenvalue weighted by Gasteiger charge is -2.10. The Balaban J connectivity index is 1.65. The highest BCUT2D eigenvalue weighted by molar-refractivity contribution is 6.21. The molecule has 0 radical (unpaired) electrons. The van der Waals surface area contributed by atoms with Crippen LogP contribution in [0.1, 0.15) is 23.5 Å². The lowest BCUT2D eigenvalue weighted by Crippen LogP contribution is -2.09. The molecule has 3 heteroatoms. The molecule has 0 N–H and O–H groups in total. The van der Waals surface area contributed by atoms with Crippen LogP contribution in [0.2, 0.25) is 0 Å². The van der Waals surface area contributed by atoms with Gasteiger partial charge in [0.15, 0.2) is 0 Å². The van der Waals surface area contributed by atoms with Gasteiger partial charge in [-0.2, -0.15) is 0 Å². The highest BCUT2D eigenvalue weighted by atomic mass is 35.5. The molecule has 0 nitrogen and oxygen atoms in total. The van der Waals surface area contributed by atoms with E-state index in [1.807, 2.05) is 18.2 Å². The molecule has 1 saturated carbocycles. The summed E-state index contributed by atoms with van der Waals surface area (Å²) in [7, 11) is 0. The topological polar surface area (TPSA) is 0 Å². The maximum absolute atomic E-state index is 13.6. The van der Waals surface area contributed by atoms with E-state index < -0.39 is 11.6 Å². The SMILES string of the molecule is Fc1ccc(CC(Cl)C2CC2c2ccccc2)c(F)c1. The van der Waals surface area contributed by atoms with Crippen LogP contribution >= 0.6 is 11.6 Å². The second kappa shape index (κ2) is 5.53. The van der Waals surface area contributed by atoms with Gasteiger partial charge >= 0.3 is 0 Å². The van der Waals surface area contributed by atoms with Crippen molar-refractivity contribution in [1.82, 2.24) is 0 Å². The van der Waals surface area contributed by atoms with Gasteiger partial charge in [0.05, 0.1) is 0 Å². The summed E-state index contributed by atoms with van der Waals surface area (Å²) in [6.07, 6.45) is 1.49. The van der Waals surface area contributed by atoms with Crippen molar-refractivity contribution in [3.05, 3.63) is 71.3 Å². The molecule has 1 aliphatic carbocycles. The number of alkyl halides is 1. The second-order valence-corrected chi connectivity index (χ2v) is 5.93. The Morgan fingerprint density at radius 2 is 1.85 bits per heavy atom. The van der Waals surface area contributed by atoms with E-state index in [0.29, 0.717) is 23.8 Å². The van der Waals surface area contributed by atoms with E-state index in [4.69, 9.17) is 11.6 Å². The molecule has 3 unspecified atom stereocenters. The Kier molecular flexibility index (Phi) is 3.75. The third-order valence-electron chi connectivity index (χ3n) is 3.96. The fraction of sp³-hybridized carbons (Fsp3) is 0.294. The first-order chi connectivity index (χ1) is 9.65. The third-order valence-corrected chi connectivity index (χ3v) is 4.44. The number of hydrogen-bond donors (Lipinski definition) is 0. The van der Waals surface area contributed by atoms with Gasteiger partial charge in [0.25, 0.3) is 0 Å². The predicted molar refractivity (Wildman–Crippen MR) is 77.0 cm³/mol. The molecule has 0 spiro atoms. The minimum atomic E-state index is -0.550. The van der Waals surface area contributed by atoms with Crippen molar-refractivity contribution in [3.8, 4) is 0 Å². The van der Waals surface area contributed by atoms with Gasteiger partial charge in [-0.25, -0.2) is 8.78 Å². The number of hydrogen-bond acceptors (Lipinski definition) is 0. The molecular formula is C17H15ClF2. The van der Waals surface area contributed by atoms with Crippen LogP contribution in [-0.2, 0) is 6.42 Å². The average molecular weight is 293 g/mol. The van der Waals surface area contributed by atoms with Crippen LogP contribution in [0.5, 0.6) is 0 Å². The molecule has 0 aromatic heterocycles. The van der Waals surface area contributed by atoms with Crippen molar-refractivity contribution in [2.75, 3.05) is 0 Å². The zero-order valence-corrected chi connectivity index (χ0v) is 11.7.